The van der Waals surface area contributed by atoms with Gasteiger partial charge >= 0.3 is 0 Å². The number of nitrogens with two attached hydrogens (primary N) is 1. The zero-order valence-electron chi connectivity index (χ0n) is 12.2. The third kappa shape index (κ3) is 3.48. The molecule has 0 radical (unpaired) electrons. The number of carbonyl (C=O) groups excluding carboxylic acids is 2. The highest BCUT2D eigenvalue weighted by molar-refractivity contribution is 5.97. The summed E-state index contributed by atoms with van der Waals surface area (Å²) in [6, 6.07) is 14.3. The van der Waals surface area contributed by atoms with E-state index in [1.54, 1.807) is 36.2 Å². The molecule has 0 aliphatic heterocycles. The molecule has 0 fully saturated rings. The van der Waals surface area contributed by atoms with Gasteiger partial charge in [0, 0.05) is 24.7 Å². The molecule has 0 aliphatic carbocycles. The van der Waals surface area contributed by atoms with Crippen molar-refractivity contribution >= 4 is 11.8 Å². The van der Waals surface area contributed by atoms with Gasteiger partial charge in [-0.05, 0) is 42.3 Å². The van der Waals surface area contributed by atoms with Crippen LogP contribution in [0.4, 0.5) is 0 Å². The highest BCUT2D eigenvalue weighted by Crippen LogP contribution is 2.12. The summed E-state index contributed by atoms with van der Waals surface area (Å²) in [4.78, 5) is 25.0. The standard InChI is InChI=1S/C17H18N2O2/c1-12-5-3-4-6-15(12)11-19(2)17(21)14-9-7-13(8-10-14)16(18)20/h3-10H,11H2,1-2H3,(H2,18,20). The molecule has 2 N–H and O–H groups in total. The highest BCUT2D eigenvalue weighted by Gasteiger charge is 2.13. The first kappa shape index (κ1) is 14.8. The van der Waals surface area contributed by atoms with Gasteiger partial charge in [0.25, 0.3) is 5.91 Å². The fourth-order valence-electron chi connectivity index (χ4n) is 2.11. The second-order valence-corrected chi connectivity index (χ2v) is 5.03. The van der Waals surface area contributed by atoms with Crippen LogP contribution in [0.15, 0.2) is 48.5 Å². The van der Waals surface area contributed by atoms with E-state index >= 15 is 0 Å². The van der Waals surface area contributed by atoms with Crippen LogP contribution in [-0.4, -0.2) is 23.8 Å². The molecule has 0 saturated heterocycles. The Balaban J connectivity index is 2.12. The van der Waals surface area contributed by atoms with E-state index < -0.39 is 5.91 Å². The van der Waals surface area contributed by atoms with Crippen LogP contribution >= 0.6 is 0 Å². The summed E-state index contributed by atoms with van der Waals surface area (Å²) in [7, 11) is 1.76. The maximum absolute atomic E-state index is 12.4. The van der Waals surface area contributed by atoms with Crippen LogP contribution in [0.25, 0.3) is 0 Å². The van der Waals surface area contributed by atoms with E-state index in [4.69, 9.17) is 5.73 Å². The quantitative estimate of drug-likeness (QED) is 0.935. The Morgan fingerprint density at radius 1 is 1.00 bits per heavy atom. The van der Waals surface area contributed by atoms with Gasteiger partial charge in [0.1, 0.15) is 0 Å². The first-order chi connectivity index (χ1) is 9.99. The summed E-state index contributed by atoms with van der Waals surface area (Å²) in [5.41, 5.74) is 8.39. The van der Waals surface area contributed by atoms with Gasteiger partial charge < -0.3 is 10.6 Å². The van der Waals surface area contributed by atoms with Gasteiger partial charge in [-0.1, -0.05) is 24.3 Å². The molecule has 2 amide bonds. The second kappa shape index (κ2) is 6.22. The smallest absolute Gasteiger partial charge is 0.253 e. The lowest BCUT2D eigenvalue weighted by molar-refractivity contribution is 0.0784. The lowest BCUT2D eigenvalue weighted by Gasteiger charge is -2.18. The van der Waals surface area contributed by atoms with Crippen LogP contribution in [0.5, 0.6) is 0 Å². The predicted molar refractivity (Wildman–Crippen MR) is 81.9 cm³/mol. The highest BCUT2D eigenvalue weighted by atomic mass is 16.2. The Hall–Kier alpha value is -2.62. The number of hydrogen-bond acceptors (Lipinski definition) is 2. The van der Waals surface area contributed by atoms with Crippen molar-refractivity contribution in [3.8, 4) is 0 Å². The topological polar surface area (TPSA) is 63.4 Å². The number of carbonyl (C=O) groups is 2. The van der Waals surface area contributed by atoms with Crippen molar-refractivity contribution in [2.45, 2.75) is 13.5 Å². The molecule has 0 heterocycles. The number of amides is 2. The van der Waals surface area contributed by atoms with Gasteiger partial charge in [0.05, 0.1) is 0 Å². The molecule has 2 aromatic rings. The van der Waals surface area contributed by atoms with Gasteiger partial charge in [0.15, 0.2) is 0 Å². The van der Waals surface area contributed by atoms with E-state index in [1.807, 2.05) is 31.2 Å². The Morgan fingerprint density at radius 3 is 2.14 bits per heavy atom. The molecule has 4 nitrogen and oxygen atoms in total. The first-order valence-electron chi connectivity index (χ1n) is 6.69. The summed E-state index contributed by atoms with van der Waals surface area (Å²) < 4.78 is 0. The number of nitrogens with zero attached hydrogens (tertiary/aromatic N) is 1. The third-order valence-electron chi connectivity index (χ3n) is 3.43. The van der Waals surface area contributed by atoms with Crippen molar-refractivity contribution < 1.29 is 9.59 Å². The lowest BCUT2D eigenvalue weighted by atomic mass is 10.1. The van der Waals surface area contributed by atoms with Crippen LogP contribution in [0, 0.1) is 6.92 Å². The minimum absolute atomic E-state index is 0.0886. The number of rotatable bonds is 4. The monoisotopic (exact) mass is 282 g/mol. The number of primary amides is 1. The Morgan fingerprint density at radius 2 is 1.57 bits per heavy atom. The maximum atomic E-state index is 12.4. The SMILES string of the molecule is Cc1ccccc1CN(C)C(=O)c1ccc(C(N)=O)cc1. The molecule has 2 aromatic carbocycles. The summed E-state index contributed by atoms with van der Waals surface area (Å²) in [6.07, 6.45) is 0. The zero-order chi connectivity index (χ0) is 15.4. The van der Waals surface area contributed by atoms with E-state index in [2.05, 4.69) is 0 Å². The number of hydrogen-bond donors (Lipinski definition) is 1. The van der Waals surface area contributed by atoms with Crippen molar-refractivity contribution in [3.05, 3.63) is 70.8 Å². The van der Waals surface area contributed by atoms with Crippen LogP contribution in [-0.2, 0) is 6.54 Å². The van der Waals surface area contributed by atoms with Gasteiger partial charge in [-0.25, -0.2) is 0 Å². The van der Waals surface area contributed by atoms with Crippen LogP contribution in [0.2, 0.25) is 0 Å². The molecule has 2 rings (SSSR count). The Bertz CT molecular complexity index is 663. The zero-order valence-corrected chi connectivity index (χ0v) is 12.2. The molecule has 0 saturated carbocycles. The average Bonchev–Trinajstić information content (AvgIpc) is 2.49. The summed E-state index contributed by atoms with van der Waals surface area (Å²) in [5.74, 6) is -0.587. The normalized spacial score (nSPS) is 10.2. The molecule has 0 unspecified atom stereocenters. The molecule has 0 aliphatic rings. The Labute approximate surface area is 124 Å². The average molecular weight is 282 g/mol. The summed E-state index contributed by atoms with van der Waals surface area (Å²) >= 11 is 0. The molecular formula is C17H18N2O2. The minimum atomic E-state index is -0.498. The van der Waals surface area contributed by atoms with E-state index in [-0.39, 0.29) is 5.91 Å². The third-order valence-corrected chi connectivity index (χ3v) is 3.43. The van der Waals surface area contributed by atoms with E-state index in [0.717, 1.165) is 11.1 Å². The van der Waals surface area contributed by atoms with Crippen molar-refractivity contribution in [3.63, 3.8) is 0 Å². The molecular weight excluding hydrogens is 264 g/mol. The lowest BCUT2D eigenvalue weighted by Crippen LogP contribution is -2.26. The van der Waals surface area contributed by atoms with Crippen molar-refractivity contribution in [2.75, 3.05) is 7.05 Å². The summed E-state index contributed by atoms with van der Waals surface area (Å²) in [6.45, 7) is 2.57. The fourth-order valence-corrected chi connectivity index (χ4v) is 2.11. The van der Waals surface area contributed by atoms with Crippen molar-refractivity contribution in [1.82, 2.24) is 4.90 Å². The fraction of sp³-hybridized carbons (Fsp3) is 0.176. The van der Waals surface area contributed by atoms with E-state index in [1.165, 1.54) is 0 Å². The largest absolute Gasteiger partial charge is 0.366 e. The second-order valence-electron chi connectivity index (χ2n) is 5.03. The van der Waals surface area contributed by atoms with Crippen LogP contribution in [0.1, 0.15) is 31.8 Å². The molecule has 21 heavy (non-hydrogen) atoms. The van der Waals surface area contributed by atoms with Crippen LogP contribution in [0.3, 0.4) is 0 Å². The van der Waals surface area contributed by atoms with E-state index in [0.29, 0.717) is 17.7 Å². The number of aryl methyl sites for hydroxylation is 1. The van der Waals surface area contributed by atoms with Gasteiger partial charge in [-0.2, -0.15) is 0 Å². The maximum Gasteiger partial charge on any atom is 0.253 e. The minimum Gasteiger partial charge on any atom is -0.366 e. The molecule has 0 aromatic heterocycles. The first-order valence-corrected chi connectivity index (χ1v) is 6.69. The van der Waals surface area contributed by atoms with Gasteiger partial charge in [-0.3, -0.25) is 9.59 Å². The van der Waals surface area contributed by atoms with Crippen LogP contribution < -0.4 is 5.73 Å². The van der Waals surface area contributed by atoms with E-state index in [9.17, 15) is 9.59 Å². The molecule has 4 heteroatoms. The van der Waals surface area contributed by atoms with Crippen molar-refractivity contribution in [1.29, 1.82) is 0 Å². The number of benzene rings is 2. The summed E-state index contributed by atoms with van der Waals surface area (Å²) in [5, 5.41) is 0. The Kier molecular flexibility index (Phi) is 4.38. The van der Waals surface area contributed by atoms with Gasteiger partial charge in [-0.15, -0.1) is 0 Å². The predicted octanol–water partition coefficient (Wildman–Crippen LogP) is 2.37. The van der Waals surface area contributed by atoms with Gasteiger partial charge in [0.2, 0.25) is 5.91 Å². The molecule has 0 spiro atoms. The molecule has 0 atom stereocenters. The molecule has 0 bridgehead atoms. The van der Waals surface area contributed by atoms with Crippen molar-refractivity contribution in [2.24, 2.45) is 5.73 Å². The molecule has 108 valence electrons.